The van der Waals surface area contributed by atoms with E-state index >= 15 is 0 Å². The predicted octanol–water partition coefficient (Wildman–Crippen LogP) is 3.25. The Balaban J connectivity index is 1.90. The van der Waals surface area contributed by atoms with E-state index in [9.17, 15) is 4.79 Å². The summed E-state index contributed by atoms with van der Waals surface area (Å²) in [7, 11) is 1.86. The van der Waals surface area contributed by atoms with E-state index in [0.717, 1.165) is 17.0 Å². The Bertz CT molecular complexity index is 581. The van der Waals surface area contributed by atoms with Gasteiger partial charge in [-0.2, -0.15) is 0 Å². The standard InChI is InChI=1S/C15H20N2O2S/c1-10-7-8-20-14(10)9-17(4)15(18)6-5-13-11(2)16-19-12(13)3/h7-8H,5-6,9H2,1-4H3. The molecule has 0 fully saturated rings. The second kappa shape index (κ2) is 6.22. The van der Waals surface area contributed by atoms with E-state index in [1.165, 1.54) is 10.4 Å². The number of thiophene rings is 1. The van der Waals surface area contributed by atoms with Crippen LogP contribution < -0.4 is 0 Å². The van der Waals surface area contributed by atoms with Gasteiger partial charge in [0.15, 0.2) is 0 Å². The van der Waals surface area contributed by atoms with Gasteiger partial charge in [0.1, 0.15) is 5.76 Å². The summed E-state index contributed by atoms with van der Waals surface area (Å²) in [5, 5.41) is 5.98. The fourth-order valence-electron chi connectivity index (χ4n) is 2.15. The molecule has 0 unspecified atom stereocenters. The minimum absolute atomic E-state index is 0.151. The van der Waals surface area contributed by atoms with Crippen LogP contribution in [0.5, 0.6) is 0 Å². The first-order valence-corrected chi connectivity index (χ1v) is 7.55. The average molecular weight is 292 g/mol. The number of amides is 1. The van der Waals surface area contributed by atoms with E-state index < -0.39 is 0 Å². The number of aromatic nitrogens is 1. The van der Waals surface area contributed by atoms with Crippen LogP contribution in [0.1, 0.15) is 33.9 Å². The Morgan fingerprint density at radius 2 is 2.15 bits per heavy atom. The highest BCUT2D eigenvalue weighted by atomic mass is 32.1. The Kier molecular flexibility index (Phi) is 4.60. The van der Waals surface area contributed by atoms with Crippen LogP contribution in [0.3, 0.4) is 0 Å². The highest BCUT2D eigenvalue weighted by Crippen LogP contribution is 2.18. The predicted molar refractivity (Wildman–Crippen MR) is 79.8 cm³/mol. The molecule has 0 spiro atoms. The summed E-state index contributed by atoms with van der Waals surface area (Å²) in [6.07, 6.45) is 1.18. The van der Waals surface area contributed by atoms with Gasteiger partial charge in [0.2, 0.25) is 5.91 Å². The molecular weight excluding hydrogens is 272 g/mol. The summed E-state index contributed by atoms with van der Waals surface area (Å²) in [4.78, 5) is 15.2. The first kappa shape index (κ1) is 14.8. The number of hydrogen-bond donors (Lipinski definition) is 0. The van der Waals surface area contributed by atoms with Crippen molar-refractivity contribution in [2.45, 2.75) is 40.2 Å². The number of carbonyl (C=O) groups is 1. The lowest BCUT2D eigenvalue weighted by Crippen LogP contribution is -2.26. The minimum Gasteiger partial charge on any atom is -0.361 e. The molecule has 0 saturated carbocycles. The van der Waals surface area contributed by atoms with Crippen molar-refractivity contribution < 1.29 is 9.32 Å². The normalized spacial score (nSPS) is 10.8. The Hall–Kier alpha value is -1.62. The zero-order valence-electron chi connectivity index (χ0n) is 12.4. The molecule has 0 radical (unpaired) electrons. The van der Waals surface area contributed by atoms with Crippen LogP contribution in [-0.2, 0) is 17.8 Å². The molecule has 5 heteroatoms. The van der Waals surface area contributed by atoms with E-state index in [0.29, 0.717) is 19.4 Å². The third-order valence-electron chi connectivity index (χ3n) is 3.54. The molecule has 0 aromatic carbocycles. The van der Waals surface area contributed by atoms with Gasteiger partial charge >= 0.3 is 0 Å². The van der Waals surface area contributed by atoms with E-state index in [1.807, 2.05) is 20.9 Å². The third kappa shape index (κ3) is 3.28. The lowest BCUT2D eigenvalue weighted by molar-refractivity contribution is -0.130. The van der Waals surface area contributed by atoms with E-state index in [2.05, 4.69) is 23.5 Å². The summed E-state index contributed by atoms with van der Waals surface area (Å²) in [6.45, 7) is 6.56. The quantitative estimate of drug-likeness (QED) is 0.850. The number of hydrogen-bond acceptors (Lipinski definition) is 4. The fourth-order valence-corrected chi connectivity index (χ4v) is 3.11. The van der Waals surface area contributed by atoms with Crippen molar-refractivity contribution in [1.29, 1.82) is 0 Å². The van der Waals surface area contributed by atoms with Gasteiger partial charge < -0.3 is 9.42 Å². The molecule has 0 atom stereocenters. The van der Waals surface area contributed by atoms with E-state index in [1.54, 1.807) is 16.2 Å². The molecule has 4 nitrogen and oxygen atoms in total. The van der Waals surface area contributed by atoms with Gasteiger partial charge in [0, 0.05) is 23.9 Å². The first-order chi connectivity index (χ1) is 9.49. The number of rotatable bonds is 5. The molecular formula is C15H20N2O2S. The molecule has 2 aromatic rings. The van der Waals surface area contributed by atoms with Gasteiger partial charge in [0.25, 0.3) is 0 Å². The number of aryl methyl sites for hydroxylation is 3. The highest BCUT2D eigenvalue weighted by molar-refractivity contribution is 7.10. The zero-order valence-corrected chi connectivity index (χ0v) is 13.2. The Morgan fingerprint density at radius 1 is 1.40 bits per heavy atom. The molecule has 0 bridgehead atoms. The largest absolute Gasteiger partial charge is 0.361 e. The van der Waals surface area contributed by atoms with Crippen LogP contribution in [0.2, 0.25) is 0 Å². The second-order valence-electron chi connectivity index (χ2n) is 5.08. The molecule has 2 aromatic heterocycles. The number of nitrogens with zero attached hydrogens (tertiary/aromatic N) is 2. The van der Waals surface area contributed by atoms with Crippen molar-refractivity contribution >= 4 is 17.2 Å². The summed E-state index contributed by atoms with van der Waals surface area (Å²) in [5.41, 5.74) is 3.19. The molecule has 2 rings (SSSR count). The smallest absolute Gasteiger partial charge is 0.222 e. The summed E-state index contributed by atoms with van der Waals surface area (Å²) >= 11 is 1.70. The van der Waals surface area contributed by atoms with Crippen molar-refractivity contribution in [1.82, 2.24) is 10.1 Å². The van der Waals surface area contributed by atoms with Gasteiger partial charge in [-0.1, -0.05) is 5.16 Å². The van der Waals surface area contributed by atoms with Gasteiger partial charge in [-0.05, 0) is 44.2 Å². The molecule has 20 heavy (non-hydrogen) atoms. The lowest BCUT2D eigenvalue weighted by Gasteiger charge is -2.16. The van der Waals surface area contributed by atoms with Gasteiger partial charge in [-0.25, -0.2) is 0 Å². The maximum atomic E-state index is 12.2. The highest BCUT2D eigenvalue weighted by Gasteiger charge is 2.14. The maximum Gasteiger partial charge on any atom is 0.222 e. The molecule has 0 aliphatic heterocycles. The molecule has 2 heterocycles. The molecule has 0 aliphatic rings. The third-order valence-corrected chi connectivity index (χ3v) is 4.55. The van der Waals surface area contributed by atoms with Gasteiger partial charge in [-0.15, -0.1) is 11.3 Å². The maximum absolute atomic E-state index is 12.2. The lowest BCUT2D eigenvalue weighted by atomic mass is 10.1. The molecule has 0 N–H and O–H groups in total. The first-order valence-electron chi connectivity index (χ1n) is 6.67. The monoisotopic (exact) mass is 292 g/mol. The Morgan fingerprint density at radius 3 is 2.70 bits per heavy atom. The second-order valence-corrected chi connectivity index (χ2v) is 6.08. The zero-order chi connectivity index (χ0) is 14.7. The molecule has 108 valence electrons. The van der Waals surface area contributed by atoms with E-state index in [4.69, 9.17) is 4.52 Å². The molecule has 1 amide bonds. The van der Waals surface area contributed by atoms with Crippen molar-refractivity contribution in [3.63, 3.8) is 0 Å². The van der Waals surface area contributed by atoms with Crippen molar-refractivity contribution in [2.75, 3.05) is 7.05 Å². The summed E-state index contributed by atoms with van der Waals surface area (Å²) < 4.78 is 5.12. The SMILES string of the molecule is Cc1ccsc1CN(C)C(=O)CCc1c(C)noc1C. The van der Waals surface area contributed by atoms with Crippen molar-refractivity contribution in [3.05, 3.63) is 38.9 Å². The van der Waals surface area contributed by atoms with Crippen LogP contribution >= 0.6 is 11.3 Å². The van der Waals surface area contributed by atoms with Crippen LogP contribution in [-0.4, -0.2) is 23.0 Å². The topological polar surface area (TPSA) is 46.3 Å². The summed E-state index contributed by atoms with van der Waals surface area (Å²) in [6, 6.07) is 2.09. The van der Waals surface area contributed by atoms with Crippen LogP contribution in [0, 0.1) is 20.8 Å². The molecule has 0 saturated heterocycles. The van der Waals surface area contributed by atoms with Crippen LogP contribution in [0.15, 0.2) is 16.0 Å². The van der Waals surface area contributed by atoms with Crippen LogP contribution in [0.25, 0.3) is 0 Å². The minimum atomic E-state index is 0.151. The van der Waals surface area contributed by atoms with Gasteiger partial charge in [0.05, 0.1) is 12.2 Å². The van der Waals surface area contributed by atoms with Crippen molar-refractivity contribution in [3.8, 4) is 0 Å². The Labute approximate surface area is 123 Å². The fraction of sp³-hybridized carbons (Fsp3) is 0.467. The van der Waals surface area contributed by atoms with Gasteiger partial charge in [-0.3, -0.25) is 4.79 Å². The van der Waals surface area contributed by atoms with Crippen molar-refractivity contribution in [2.24, 2.45) is 0 Å². The molecule has 0 aliphatic carbocycles. The average Bonchev–Trinajstić information content (AvgIpc) is 2.95. The summed E-state index contributed by atoms with van der Waals surface area (Å²) in [5.74, 6) is 0.963. The number of carbonyl (C=O) groups excluding carboxylic acids is 1. The van der Waals surface area contributed by atoms with Crippen LogP contribution in [0.4, 0.5) is 0 Å². The van der Waals surface area contributed by atoms with E-state index in [-0.39, 0.29) is 5.91 Å².